The Morgan fingerprint density at radius 1 is 1.27 bits per heavy atom. The van der Waals surface area contributed by atoms with Crippen molar-refractivity contribution in [2.45, 2.75) is 32.3 Å². The molecular formula is C12H16O3. The van der Waals surface area contributed by atoms with E-state index in [2.05, 4.69) is 13.8 Å². The van der Waals surface area contributed by atoms with Gasteiger partial charge < -0.3 is 10.2 Å². The van der Waals surface area contributed by atoms with Crippen LogP contribution in [-0.2, 0) is 11.2 Å². The van der Waals surface area contributed by atoms with Crippen LogP contribution in [0.1, 0.15) is 30.9 Å². The molecule has 1 aromatic rings. The summed E-state index contributed by atoms with van der Waals surface area (Å²) in [5.74, 6) is -0.716. The van der Waals surface area contributed by atoms with E-state index in [1.807, 2.05) is 24.3 Å². The lowest BCUT2D eigenvalue weighted by Crippen LogP contribution is -2.21. The van der Waals surface area contributed by atoms with Crippen molar-refractivity contribution in [2.24, 2.45) is 0 Å². The van der Waals surface area contributed by atoms with Crippen molar-refractivity contribution < 1.29 is 15.0 Å². The van der Waals surface area contributed by atoms with Gasteiger partial charge in [-0.1, -0.05) is 38.1 Å². The van der Waals surface area contributed by atoms with E-state index in [9.17, 15) is 4.79 Å². The molecule has 1 rings (SSSR count). The number of hydrogen-bond acceptors (Lipinski definition) is 2. The molecule has 0 aromatic heterocycles. The summed E-state index contributed by atoms with van der Waals surface area (Å²) in [5, 5.41) is 17.7. The van der Waals surface area contributed by atoms with E-state index < -0.39 is 12.1 Å². The van der Waals surface area contributed by atoms with Crippen molar-refractivity contribution in [1.82, 2.24) is 0 Å². The minimum atomic E-state index is -1.31. The van der Waals surface area contributed by atoms with Gasteiger partial charge in [0, 0.05) is 6.42 Å². The Kier molecular flexibility index (Phi) is 3.86. The van der Waals surface area contributed by atoms with Crippen molar-refractivity contribution in [3.05, 3.63) is 35.4 Å². The van der Waals surface area contributed by atoms with Crippen molar-refractivity contribution >= 4 is 5.97 Å². The third kappa shape index (κ3) is 3.36. The number of carboxylic acid groups (broad SMARTS) is 1. The highest BCUT2D eigenvalue weighted by Crippen LogP contribution is 2.15. The van der Waals surface area contributed by atoms with Crippen LogP contribution in [0.2, 0.25) is 0 Å². The molecule has 0 saturated heterocycles. The largest absolute Gasteiger partial charge is 0.479 e. The summed E-state index contributed by atoms with van der Waals surface area (Å²) >= 11 is 0. The summed E-state index contributed by atoms with van der Waals surface area (Å²) in [4.78, 5) is 10.4. The molecule has 1 atom stereocenters. The molecule has 82 valence electrons. The normalized spacial score (nSPS) is 12.8. The van der Waals surface area contributed by atoms with Gasteiger partial charge in [-0.15, -0.1) is 0 Å². The fourth-order valence-corrected chi connectivity index (χ4v) is 1.35. The summed E-state index contributed by atoms with van der Waals surface area (Å²) in [7, 11) is 0. The highest BCUT2D eigenvalue weighted by molar-refractivity contribution is 5.72. The van der Waals surface area contributed by atoms with Crippen LogP contribution in [0.4, 0.5) is 0 Å². The highest BCUT2D eigenvalue weighted by Gasteiger charge is 2.13. The van der Waals surface area contributed by atoms with Gasteiger partial charge >= 0.3 is 5.97 Å². The van der Waals surface area contributed by atoms with Crippen molar-refractivity contribution in [3.63, 3.8) is 0 Å². The van der Waals surface area contributed by atoms with Crippen LogP contribution in [0.3, 0.4) is 0 Å². The average Bonchev–Trinajstić information content (AvgIpc) is 2.18. The Labute approximate surface area is 89.4 Å². The summed E-state index contributed by atoms with van der Waals surface area (Å²) in [6.07, 6.45) is -1.15. The van der Waals surface area contributed by atoms with Gasteiger partial charge in [-0.25, -0.2) is 4.79 Å². The van der Waals surface area contributed by atoms with Gasteiger partial charge in [0.2, 0.25) is 0 Å². The summed E-state index contributed by atoms with van der Waals surface area (Å²) < 4.78 is 0. The first kappa shape index (κ1) is 11.7. The second-order valence-corrected chi connectivity index (χ2v) is 3.95. The molecule has 0 aliphatic carbocycles. The first-order valence-corrected chi connectivity index (χ1v) is 5.00. The predicted molar refractivity (Wildman–Crippen MR) is 57.9 cm³/mol. The Hall–Kier alpha value is -1.35. The van der Waals surface area contributed by atoms with Gasteiger partial charge in [0.25, 0.3) is 0 Å². The van der Waals surface area contributed by atoms with Gasteiger partial charge in [-0.2, -0.15) is 0 Å². The maximum Gasteiger partial charge on any atom is 0.332 e. The lowest BCUT2D eigenvalue weighted by Gasteiger charge is -2.08. The van der Waals surface area contributed by atoms with Gasteiger partial charge in [0.1, 0.15) is 0 Å². The van der Waals surface area contributed by atoms with E-state index >= 15 is 0 Å². The van der Waals surface area contributed by atoms with Gasteiger partial charge in [0.15, 0.2) is 6.10 Å². The van der Waals surface area contributed by atoms with Crippen LogP contribution in [0.5, 0.6) is 0 Å². The molecule has 0 unspecified atom stereocenters. The summed E-state index contributed by atoms with van der Waals surface area (Å²) in [6, 6.07) is 7.66. The zero-order valence-corrected chi connectivity index (χ0v) is 8.97. The molecule has 0 aliphatic heterocycles. The molecule has 0 fully saturated rings. The maximum absolute atomic E-state index is 10.4. The molecule has 15 heavy (non-hydrogen) atoms. The molecule has 2 N–H and O–H groups in total. The predicted octanol–water partition coefficient (Wildman–Crippen LogP) is 1.80. The number of carbonyl (C=O) groups is 1. The monoisotopic (exact) mass is 208 g/mol. The van der Waals surface area contributed by atoms with Crippen LogP contribution in [0.15, 0.2) is 24.3 Å². The van der Waals surface area contributed by atoms with E-state index in [1.54, 1.807) is 0 Å². The van der Waals surface area contributed by atoms with Crippen LogP contribution in [-0.4, -0.2) is 22.3 Å². The second kappa shape index (κ2) is 4.94. The number of aliphatic hydroxyl groups excluding tert-OH is 1. The Morgan fingerprint density at radius 2 is 1.80 bits per heavy atom. The molecule has 0 heterocycles. The maximum atomic E-state index is 10.4. The Bertz CT molecular complexity index is 327. The average molecular weight is 208 g/mol. The number of benzene rings is 1. The molecule has 3 heteroatoms. The third-order valence-electron chi connectivity index (χ3n) is 2.36. The lowest BCUT2D eigenvalue weighted by atomic mass is 10.00. The summed E-state index contributed by atoms with van der Waals surface area (Å²) in [6.45, 7) is 4.20. The number of carboxylic acids is 1. The van der Waals surface area contributed by atoms with E-state index in [4.69, 9.17) is 10.2 Å². The Balaban J connectivity index is 2.68. The fraction of sp³-hybridized carbons (Fsp3) is 0.417. The second-order valence-electron chi connectivity index (χ2n) is 3.95. The van der Waals surface area contributed by atoms with E-state index in [0.29, 0.717) is 5.92 Å². The minimum Gasteiger partial charge on any atom is -0.479 e. The summed E-state index contributed by atoms with van der Waals surface area (Å²) in [5.41, 5.74) is 2.05. The van der Waals surface area contributed by atoms with Crippen molar-refractivity contribution in [2.75, 3.05) is 0 Å². The molecule has 0 bridgehead atoms. The first-order chi connectivity index (χ1) is 7.00. The van der Waals surface area contributed by atoms with Crippen LogP contribution >= 0.6 is 0 Å². The topological polar surface area (TPSA) is 57.5 Å². The van der Waals surface area contributed by atoms with E-state index in [1.165, 1.54) is 5.56 Å². The number of aliphatic hydroxyl groups is 1. The third-order valence-corrected chi connectivity index (χ3v) is 2.36. The van der Waals surface area contributed by atoms with Gasteiger partial charge in [-0.3, -0.25) is 0 Å². The molecule has 0 spiro atoms. The molecule has 0 aliphatic rings. The molecule has 0 radical (unpaired) electrons. The lowest BCUT2D eigenvalue weighted by molar-refractivity contribution is -0.146. The number of hydrogen-bond donors (Lipinski definition) is 2. The number of rotatable bonds is 4. The fourth-order valence-electron chi connectivity index (χ4n) is 1.35. The number of aliphatic carboxylic acids is 1. The molecule has 3 nitrogen and oxygen atoms in total. The van der Waals surface area contributed by atoms with Crippen molar-refractivity contribution in [1.29, 1.82) is 0 Å². The quantitative estimate of drug-likeness (QED) is 0.793. The minimum absolute atomic E-state index is 0.160. The zero-order valence-electron chi connectivity index (χ0n) is 8.97. The highest BCUT2D eigenvalue weighted by atomic mass is 16.4. The van der Waals surface area contributed by atoms with Crippen molar-refractivity contribution in [3.8, 4) is 0 Å². The molecular weight excluding hydrogens is 192 g/mol. The van der Waals surface area contributed by atoms with E-state index in [0.717, 1.165) is 5.56 Å². The Morgan fingerprint density at radius 3 is 2.20 bits per heavy atom. The van der Waals surface area contributed by atoms with Crippen LogP contribution < -0.4 is 0 Å². The smallest absolute Gasteiger partial charge is 0.332 e. The molecule has 0 saturated carbocycles. The SMILES string of the molecule is CC(C)c1ccc(C[C@H](O)C(=O)O)cc1. The molecule has 1 aromatic carbocycles. The molecule has 0 amide bonds. The van der Waals surface area contributed by atoms with Crippen LogP contribution in [0, 0.1) is 0 Å². The zero-order chi connectivity index (χ0) is 11.4. The van der Waals surface area contributed by atoms with Gasteiger partial charge in [0.05, 0.1) is 0 Å². The van der Waals surface area contributed by atoms with E-state index in [-0.39, 0.29) is 6.42 Å². The standard InChI is InChI=1S/C12H16O3/c1-8(2)10-5-3-9(4-6-10)7-11(13)12(14)15/h3-6,8,11,13H,7H2,1-2H3,(H,14,15)/t11-/m0/s1. The van der Waals surface area contributed by atoms with Gasteiger partial charge in [-0.05, 0) is 17.0 Å². The first-order valence-electron chi connectivity index (χ1n) is 5.00. The van der Waals surface area contributed by atoms with Crippen LogP contribution in [0.25, 0.3) is 0 Å².